The largest absolute Gasteiger partial charge is 0.0616 e. The highest BCUT2D eigenvalue weighted by molar-refractivity contribution is 6.27. The minimum atomic E-state index is 1.23. The Morgan fingerprint density at radius 2 is 0.407 bits per heavy atom. The van der Waals surface area contributed by atoms with Crippen molar-refractivity contribution in [1.29, 1.82) is 0 Å². The lowest BCUT2D eigenvalue weighted by Gasteiger charge is -2.27. The zero-order valence-corrected chi connectivity index (χ0v) is 29.6. The quantitative estimate of drug-likeness (QED) is 0.162. The molecule has 0 heterocycles. The molecule has 11 aromatic rings. The van der Waals surface area contributed by atoms with Crippen molar-refractivity contribution in [3.8, 4) is 44.5 Å². The normalized spacial score (nSPS) is 11.7. The second-order valence-electron chi connectivity index (χ2n) is 14.4. The van der Waals surface area contributed by atoms with E-state index in [-0.39, 0.29) is 0 Å². The summed E-state index contributed by atoms with van der Waals surface area (Å²) in [5.74, 6) is 0. The van der Waals surface area contributed by atoms with Crippen LogP contribution in [-0.4, -0.2) is 0 Å². The van der Waals surface area contributed by atoms with Crippen LogP contribution in [0.1, 0.15) is 0 Å². The van der Waals surface area contributed by atoms with E-state index in [1.54, 1.807) is 0 Å². The van der Waals surface area contributed by atoms with Crippen molar-refractivity contribution in [1.82, 2.24) is 0 Å². The highest BCUT2D eigenvalue weighted by atomic mass is 14.3. The topological polar surface area (TPSA) is 0 Å². The van der Waals surface area contributed by atoms with Crippen LogP contribution < -0.4 is 0 Å². The lowest BCUT2D eigenvalue weighted by molar-refractivity contribution is 1.62. The molecule has 0 aliphatic heterocycles. The zero-order valence-electron chi connectivity index (χ0n) is 29.6. The molecule has 0 saturated heterocycles. The van der Waals surface area contributed by atoms with Crippen molar-refractivity contribution in [3.05, 3.63) is 206 Å². The standard InChI is InChI=1S/C54H34/c1-2-20-40-34-50-49(33-39(40)19-1)51(45-29-11-21-35-15-3-7-25-41(35)45)53(47-31-13-23-37-17-5-9-27-43(37)47)54(48-32-14-24-38-18-6-10-28-44(38)48)52(50)46-30-12-22-36-16-4-8-26-42(36)46/h1-34H. The van der Waals surface area contributed by atoms with Crippen LogP contribution >= 0.6 is 0 Å². The molecule has 0 aromatic heterocycles. The third-order valence-electron chi connectivity index (χ3n) is 11.4. The maximum Gasteiger partial charge on any atom is -0.000741 e. The van der Waals surface area contributed by atoms with Gasteiger partial charge in [-0.1, -0.05) is 194 Å². The van der Waals surface area contributed by atoms with E-state index in [1.165, 1.54) is 109 Å². The summed E-state index contributed by atoms with van der Waals surface area (Å²) in [6.45, 7) is 0. The predicted molar refractivity (Wildman–Crippen MR) is 233 cm³/mol. The lowest BCUT2D eigenvalue weighted by atomic mass is 9.76. The minimum Gasteiger partial charge on any atom is -0.0616 e. The van der Waals surface area contributed by atoms with Gasteiger partial charge in [-0.25, -0.2) is 0 Å². The number of rotatable bonds is 4. The fourth-order valence-electron chi connectivity index (χ4n) is 9.05. The van der Waals surface area contributed by atoms with Crippen molar-refractivity contribution >= 4 is 64.6 Å². The predicted octanol–water partition coefficient (Wildman–Crippen LogP) is 15.3. The third-order valence-corrected chi connectivity index (χ3v) is 11.4. The van der Waals surface area contributed by atoms with Crippen molar-refractivity contribution in [2.24, 2.45) is 0 Å². The Bertz CT molecular complexity index is 3030. The van der Waals surface area contributed by atoms with E-state index >= 15 is 0 Å². The second-order valence-corrected chi connectivity index (χ2v) is 14.4. The maximum atomic E-state index is 2.46. The van der Waals surface area contributed by atoms with E-state index in [9.17, 15) is 0 Å². The van der Waals surface area contributed by atoms with Gasteiger partial charge in [-0.3, -0.25) is 0 Å². The number of benzene rings is 11. The van der Waals surface area contributed by atoms with Gasteiger partial charge >= 0.3 is 0 Å². The molecule has 0 aliphatic carbocycles. The van der Waals surface area contributed by atoms with Crippen LogP contribution in [0.4, 0.5) is 0 Å². The van der Waals surface area contributed by atoms with Crippen LogP contribution in [0.3, 0.4) is 0 Å². The zero-order chi connectivity index (χ0) is 35.6. The number of hydrogen-bond donors (Lipinski definition) is 0. The molecule has 250 valence electrons. The van der Waals surface area contributed by atoms with Gasteiger partial charge in [-0.2, -0.15) is 0 Å². The van der Waals surface area contributed by atoms with Crippen LogP contribution in [0.15, 0.2) is 206 Å². The molecule has 0 unspecified atom stereocenters. The van der Waals surface area contributed by atoms with Gasteiger partial charge in [0, 0.05) is 0 Å². The molecule has 11 aromatic carbocycles. The Hall–Kier alpha value is -7.02. The molecule has 0 radical (unpaired) electrons. The Morgan fingerprint density at radius 3 is 0.722 bits per heavy atom. The molecular weight excluding hydrogens is 649 g/mol. The van der Waals surface area contributed by atoms with E-state index in [4.69, 9.17) is 0 Å². The van der Waals surface area contributed by atoms with Crippen molar-refractivity contribution in [3.63, 3.8) is 0 Å². The van der Waals surface area contributed by atoms with E-state index in [0.717, 1.165) is 0 Å². The fourth-order valence-corrected chi connectivity index (χ4v) is 9.05. The molecule has 0 bridgehead atoms. The smallest absolute Gasteiger partial charge is 0.000741 e. The Labute approximate surface area is 314 Å². The van der Waals surface area contributed by atoms with Crippen LogP contribution in [-0.2, 0) is 0 Å². The van der Waals surface area contributed by atoms with Crippen LogP contribution in [0.5, 0.6) is 0 Å². The fraction of sp³-hybridized carbons (Fsp3) is 0. The van der Waals surface area contributed by atoms with Crippen LogP contribution in [0.25, 0.3) is 109 Å². The lowest BCUT2D eigenvalue weighted by Crippen LogP contribution is -1.99. The van der Waals surface area contributed by atoms with E-state index in [0.29, 0.717) is 0 Å². The molecule has 0 N–H and O–H groups in total. The van der Waals surface area contributed by atoms with Crippen LogP contribution in [0.2, 0.25) is 0 Å². The van der Waals surface area contributed by atoms with E-state index < -0.39 is 0 Å². The first kappa shape index (κ1) is 30.6. The van der Waals surface area contributed by atoms with Crippen molar-refractivity contribution < 1.29 is 0 Å². The average molecular weight is 683 g/mol. The maximum absolute atomic E-state index is 2.46. The summed E-state index contributed by atoms with van der Waals surface area (Å²) >= 11 is 0. The summed E-state index contributed by atoms with van der Waals surface area (Å²) in [7, 11) is 0. The summed E-state index contributed by atoms with van der Waals surface area (Å²) in [6, 6.07) is 76.5. The molecule has 0 nitrogen and oxygen atoms in total. The molecule has 0 amide bonds. The molecule has 0 fully saturated rings. The van der Waals surface area contributed by atoms with Gasteiger partial charge < -0.3 is 0 Å². The minimum absolute atomic E-state index is 1.23. The summed E-state index contributed by atoms with van der Waals surface area (Å²) < 4.78 is 0. The third kappa shape index (κ3) is 4.71. The van der Waals surface area contributed by atoms with Gasteiger partial charge in [0.25, 0.3) is 0 Å². The van der Waals surface area contributed by atoms with Gasteiger partial charge in [-0.15, -0.1) is 0 Å². The first-order valence-corrected chi connectivity index (χ1v) is 18.8. The second kappa shape index (κ2) is 12.3. The molecular formula is C54H34. The first-order chi connectivity index (χ1) is 26.8. The van der Waals surface area contributed by atoms with Gasteiger partial charge in [-0.05, 0) is 121 Å². The Kier molecular flexibility index (Phi) is 6.97. The summed E-state index contributed by atoms with van der Waals surface area (Å²) in [6.07, 6.45) is 0. The van der Waals surface area contributed by atoms with Crippen LogP contribution in [0, 0.1) is 0 Å². The molecule has 0 saturated carbocycles. The first-order valence-electron chi connectivity index (χ1n) is 18.8. The molecule has 0 heteroatoms. The van der Waals surface area contributed by atoms with Crippen molar-refractivity contribution in [2.45, 2.75) is 0 Å². The van der Waals surface area contributed by atoms with E-state index in [2.05, 4.69) is 206 Å². The highest BCUT2D eigenvalue weighted by Crippen LogP contribution is 2.55. The van der Waals surface area contributed by atoms with Gasteiger partial charge in [0.2, 0.25) is 0 Å². The Balaban J connectivity index is 1.49. The molecule has 0 spiro atoms. The summed E-state index contributed by atoms with van der Waals surface area (Å²) in [5, 5.41) is 14.9. The average Bonchev–Trinajstić information content (AvgIpc) is 3.24. The highest BCUT2D eigenvalue weighted by Gasteiger charge is 2.27. The molecule has 54 heavy (non-hydrogen) atoms. The van der Waals surface area contributed by atoms with Gasteiger partial charge in [0.15, 0.2) is 0 Å². The Morgan fingerprint density at radius 1 is 0.167 bits per heavy atom. The molecule has 0 aliphatic rings. The van der Waals surface area contributed by atoms with Gasteiger partial charge in [0.05, 0.1) is 0 Å². The number of hydrogen-bond acceptors (Lipinski definition) is 0. The van der Waals surface area contributed by atoms with Gasteiger partial charge in [0.1, 0.15) is 0 Å². The van der Waals surface area contributed by atoms with Crippen molar-refractivity contribution in [2.75, 3.05) is 0 Å². The SMILES string of the molecule is c1ccc2cc3c(-c4cccc5ccccc45)c(-c4cccc5ccccc45)c(-c4cccc5ccccc45)c(-c4cccc5ccccc45)c3cc2c1. The monoisotopic (exact) mass is 682 g/mol. The van der Waals surface area contributed by atoms with E-state index in [1.807, 2.05) is 0 Å². The number of fused-ring (bicyclic) bond motifs is 6. The molecule has 11 rings (SSSR count). The summed E-state index contributed by atoms with van der Waals surface area (Å²) in [4.78, 5) is 0. The summed E-state index contributed by atoms with van der Waals surface area (Å²) in [5.41, 5.74) is 9.97. The molecule has 0 atom stereocenters.